The van der Waals surface area contributed by atoms with Crippen LogP contribution in [0.4, 0.5) is 0 Å². The van der Waals surface area contributed by atoms with E-state index in [9.17, 15) is 4.79 Å². The molecule has 1 aromatic rings. The van der Waals surface area contributed by atoms with Gasteiger partial charge in [0, 0.05) is 23.8 Å². The van der Waals surface area contributed by atoms with E-state index in [1.807, 2.05) is 11.4 Å². The molecule has 5 heteroatoms. The van der Waals surface area contributed by atoms with Crippen molar-refractivity contribution in [1.82, 2.24) is 10.6 Å². The first-order chi connectivity index (χ1) is 7.17. The number of thiophene rings is 1. The van der Waals surface area contributed by atoms with Gasteiger partial charge in [0.25, 0.3) is 0 Å². The number of nitriles is 1. The Morgan fingerprint density at radius 1 is 1.73 bits per heavy atom. The summed E-state index contributed by atoms with van der Waals surface area (Å²) in [5.41, 5.74) is 0.671. The second-order valence-corrected chi connectivity index (χ2v) is 4.13. The molecule has 0 spiro atoms. The topological polar surface area (TPSA) is 64.9 Å². The van der Waals surface area contributed by atoms with Crippen molar-refractivity contribution in [2.45, 2.75) is 19.5 Å². The molecule has 4 nitrogen and oxygen atoms in total. The molecule has 0 saturated heterocycles. The average Bonchev–Trinajstić information content (AvgIpc) is 2.72. The van der Waals surface area contributed by atoms with Crippen molar-refractivity contribution in [2.75, 3.05) is 7.05 Å². The first kappa shape index (κ1) is 11.7. The summed E-state index contributed by atoms with van der Waals surface area (Å²) in [6.07, 6.45) is 0. The van der Waals surface area contributed by atoms with Crippen LogP contribution < -0.4 is 10.6 Å². The first-order valence-corrected chi connectivity index (χ1v) is 5.48. The Morgan fingerprint density at radius 3 is 3.00 bits per heavy atom. The van der Waals surface area contributed by atoms with Gasteiger partial charge < -0.3 is 10.6 Å². The van der Waals surface area contributed by atoms with Gasteiger partial charge in [-0.3, -0.25) is 4.79 Å². The van der Waals surface area contributed by atoms with Crippen LogP contribution in [0.2, 0.25) is 0 Å². The molecule has 0 saturated carbocycles. The van der Waals surface area contributed by atoms with Crippen molar-refractivity contribution in [3.63, 3.8) is 0 Å². The highest BCUT2D eigenvalue weighted by Crippen LogP contribution is 2.13. The molecule has 0 bridgehead atoms. The molecule has 1 amide bonds. The van der Waals surface area contributed by atoms with Gasteiger partial charge in [0.15, 0.2) is 0 Å². The quantitative estimate of drug-likeness (QED) is 0.795. The highest BCUT2D eigenvalue weighted by Gasteiger charge is 2.09. The maximum absolute atomic E-state index is 11.2. The van der Waals surface area contributed by atoms with Crippen LogP contribution in [0.15, 0.2) is 11.4 Å². The van der Waals surface area contributed by atoms with E-state index < -0.39 is 0 Å². The highest BCUT2D eigenvalue weighted by atomic mass is 32.1. The van der Waals surface area contributed by atoms with Crippen LogP contribution in [0.3, 0.4) is 0 Å². The number of carbonyl (C=O) groups is 1. The van der Waals surface area contributed by atoms with Crippen molar-refractivity contribution in [2.24, 2.45) is 0 Å². The lowest BCUT2D eigenvalue weighted by Crippen LogP contribution is -2.40. The molecule has 0 aliphatic rings. The molecule has 1 heterocycles. The summed E-state index contributed by atoms with van der Waals surface area (Å²) in [4.78, 5) is 12.2. The summed E-state index contributed by atoms with van der Waals surface area (Å²) in [6.45, 7) is 2.42. The Bertz CT molecular complexity index is 380. The molecule has 0 fully saturated rings. The zero-order valence-electron chi connectivity index (χ0n) is 8.70. The van der Waals surface area contributed by atoms with Crippen LogP contribution in [0.1, 0.15) is 17.4 Å². The van der Waals surface area contributed by atoms with Crippen molar-refractivity contribution < 1.29 is 4.79 Å². The van der Waals surface area contributed by atoms with Gasteiger partial charge in [0.2, 0.25) is 5.91 Å². The lowest BCUT2D eigenvalue weighted by atomic mass is 10.3. The summed E-state index contributed by atoms with van der Waals surface area (Å²) in [6, 6.07) is 3.68. The summed E-state index contributed by atoms with van der Waals surface area (Å²) in [5.74, 6) is -0.0351. The van der Waals surface area contributed by atoms with Gasteiger partial charge in [-0.15, -0.1) is 11.3 Å². The van der Waals surface area contributed by atoms with E-state index >= 15 is 0 Å². The molecule has 0 radical (unpaired) electrons. The third kappa shape index (κ3) is 3.35. The second-order valence-electron chi connectivity index (χ2n) is 3.13. The van der Waals surface area contributed by atoms with E-state index in [1.165, 1.54) is 11.3 Å². The molecule has 1 rings (SSSR count). The lowest BCUT2D eigenvalue weighted by Gasteiger charge is -2.10. The molecular weight excluding hydrogens is 210 g/mol. The maximum Gasteiger partial charge on any atom is 0.236 e. The zero-order valence-corrected chi connectivity index (χ0v) is 9.52. The number of hydrogen-bond donors (Lipinski definition) is 2. The molecule has 0 aliphatic heterocycles. The molecule has 0 aromatic carbocycles. The normalized spacial score (nSPS) is 11.8. The van der Waals surface area contributed by atoms with E-state index in [4.69, 9.17) is 5.26 Å². The molecule has 0 unspecified atom stereocenters. The fraction of sp³-hybridized carbons (Fsp3) is 0.400. The van der Waals surface area contributed by atoms with Crippen LogP contribution in [0, 0.1) is 11.3 Å². The van der Waals surface area contributed by atoms with Gasteiger partial charge in [-0.2, -0.15) is 5.26 Å². The molecule has 15 heavy (non-hydrogen) atoms. The van der Waals surface area contributed by atoms with Crippen molar-refractivity contribution >= 4 is 17.2 Å². The van der Waals surface area contributed by atoms with E-state index in [2.05, 4.69) is 16.7 Å². The summed E-state index contributed by atoms with van der Waals surface area (Å²) >= 11 is 1.52. The maximum atomic E-state index is 11.2. The van der Waals surface area contributed by atoms with E-state index in [-0.39, 0.29) is 11.9 Å². The van der Waals surface area contributed by atoms with Crippen molar-refractivity contribution in [1.29, 1.82) is 5.26 Å². The summed E-state index contributed by atoms with van der Waals surface area (Å²) in [5, 5.41) is 16.1. The van der Waals surface area contributed by atoms with Gasteiger partial charge in [-0.05, 0) is 13.0 Å². The van der Waals surface area contributed by atoms with Crippen LogP contribution in [-0.4, -0.2) is 19.0 Å². The Morgan fingerprint density at radius 2 is 2.47 bits per heavy atom. The third-order valence-electron chi connectivity index (χ3n) is 2.01. The predicted octanol–water partition coefficient (Wildman–Crippen LogP) is 0.844. The van der Waals surface area contributed by atoms with Gasteiger partial charge >= 0.3 is 0 Å². The Kier molecular flexibility index (Phi) is 4.28. The molecule has 80 valence electrons. The summed E-state index contributed by atoms with van der Waals surface area (Å²) in [7, 11) is 1.61. The van der Waals surface area contributed by atoms with Crippen LogP contribution in [0.5, 0.6) is 0 Å². The summed E-state index contributed by atoms with van der Waals surface area (Å²) < 4.78 is 0. The second kappa shape index (κ2) is 5.49. The van der Waals surface area contributed by atoms with Crippen LogP contribution in [0.25, 0.3) is 0 Å². The van der Waals surface area contributed by atoms with Gasteiger partial charge in [0.05, 0.1) is 11.6 Å². The predicted molar refractivity (Wildman–Crippen MR) is 59.4 cm³/mol. The molecule has 0 aliphatic carbocycles. The number of nitrogens with one attached hydrogen (secondary N) is 2. The number of amides is 1. The smallest absolute Gasteiger partial charge is 0.236 e. The van der Waals surface area contributed by atoms with E-state index in [0.29, 0.717) is 12.1 Å². The van der Waals surface area contributed by atoms with Crippen molar-refractivity contribution in [3.8, 4) is 6.07 Å². The first-order valence-electron chi connectivity index (χ1n) is 4.60. The Balaban J connectivity index is 2.44. The SMILES string of the molecule is CNC(=O)[C@@H](C)NCc1cc(C#N)cs1. The third-order valence-corrected chi connectivity index (χ3v) is 2.94. The lowest BCUT2D eigenvalue weighted by molar-refractivity contribution is -0.122. The fourth-order valence-electron chi connectivity index (χ4n) is 1.09. The van der Waals surface area contributed by atoms with E-state index in [1.54, 1.807) is 14.0 Å². The fourth-order valence-corrected chi connectivity index (χ4v) is 1.86. The van der Waals surface area contributed by atoms with Gasteiger partial charge in [-0.25, -0.2) is 0 Å². The molecular formula is C10H13N3OS. The van der Waals surface area contributed by atoms with E-state index in [0.717, 1.165) is 4.88 Å². The number of likely N-dealkylation sites (N-methyl/N-ethyl adjacent to an activating group) is 1. The number of rotatable bonds is 4. The number of hydrogen-bond acceptors (Lipinski definition) is 4. The average molecular weight is 223 g/mol. The van der Waals surface area contributed by atoms with Gasteiger partial charge in [-0.1, -0.05) is 0 Å². The molecule has 1 aromatic heterocycles. The standard InChI is InChI=1S/C10H13N3OS/c1-7(10(14)12-2)13-5-9-3-8(4-11)6-15-9/h3,6-7,13H,5H2,1-2H3,(H,12,14)/t7-/m1/s1. The van der Waals surface area contributed by atoms with Crippen LogP contribution >= 0.6 is 11.3 Å². The van der Waals surface area contributed by atoms with Crippen LogP contribution in [-0.2, 0) is 11.3 Å². The Hall–Kier alpha value is -1.38. The minimum absolute atomic E-state index is 0.0351. The molecule has 1 atom stereocenters. The highest BCUT2D eigenvalue weighted by molar-refractivity contribution is 7.10. The number of carbonyl (C=O) groups excluding carboxylic acids is 1. The minimum Gasteiger partial charge on any atom is -0.358 e. The minimum atomic E-state index is -0.220. The zero-order chi connectivity index (χ0) is 11.3. The Labute approximate surface area is 92.9 Å². The monoisotopic (exact) mass is 223 g/mol. The largest absolute Gasteiger partial charge is 0.358 e. The number of nitrogens with zero attached hydrogens (tertiary/aromatic N) is 1. The molecule has 2 N–H and O–H groups in total. The van der Waals surface area contributed by atoms with Crippen molar-refractivity contribution in [3.05, 3.63) is 21.9 Å². The van der Waals surface area contributed by atoms with Gasteiger partial charge in [0.1, 0.15) is 6.07 Å².